The second-order valence-corrected chi connectivity index (χ2v) is 3.29. The van der Waals surface area contributed by atoms with Crippen LogP contribution < -0.4 is 16.3 Å². The topological polar surface area (TPSA) is 82.9 Å². The lowest BCUT2D eigenvalue weighted by atomic mass is 10.2. The zero-order chi connectivity index (χ0) is 12.7. The fourth-order valence-corrected chi connectivity index (χ4v) is 1.34. The molecule has 5 heteroatoms. The summed E-state index contributed by atoms with van der Waals surface area (Å²) in [4.78, 5) is 0. The molecule has 0 spiro atoms. The Bertz CT molecular complexity index is 416. The van der Waals surface area contributed by atoms with Crippen molar-refractivity contribution >= 4 is 11.7 Å². The largest absolute Gasteiger partial charge is 0.496 e. The molecule has 0 fully saturated rings. The first kappa shape index (κ1) is 13.1. The molecule has 4 N–H and O–H groups in total. The Balaban J connectivity index is 2.82. The van der Waals surface area contributed by atoms with Gasteiger partial charge in [0.15, 0.2) is 0 Å². The van der Waals surface area contributed by atoms with E-state index < -0.39 is 0 Å². The van der Waals surface area contributed by atoms with E-state index in [-0.39, 0.29) is 0 Å². The van der Waals surface area contributed by atoms with E-state index in [1.54, 1.807) is 7.11 Å². The van der Waals surface area contributed by atoms with Gasteiger partial charge in [0.1, 0.15) is 11.5 Å². The fraction of sp³-hybridized carbons (Fsp3) is 0.250. The second-order valence-electron chi connectivity index (χ2n) is 3.29. The summed E-state index contributed by atoms with van der Waals surface area (Å²) in [5, 5.41) is 3.51. The molecule has 0 aliphatic carbocycles. The third kappa shape index (κ3) is 3.49. The number of hydrogen-bond acceptors (Lipinski definition) is 5. The van der Waals surface area contributed by atoms with Gasteiger partial charge in [0, 0.05) is 13.0 Å². The van der Waals surface area contributed by atoms with Gasteiger partial charge in [0.2, 0.25) is 5.90 Å². The first-order chi connectivity index (χ1) is 8.22. The fourth-order valence-electron chi connectivity index (χ4n) is 1.34. The number of rotatable bonds is 5. The van der Waals surface area contributed by atoms with Crippen molar-refractivity contribution in [2.24, 2.45) is 16.7 Å². The van der Waals surface area contributed by atoms with Crippen molar-refractivity contribution in [2.45, 2.75) is 6.42 Å². The van der Waals surface area contributed by atoms with Crippen molar-refractivity contribution in [2.75, 3.05) is 13.7 Å². The number of methoxy groups -OCH3 is 1. The van der Waals surface area contributed by atoms with Crippen molar-refractivity contribution in [3.05, 3.63) is 36.4 Å². The molecule has 92 valence electrons. The highest BCUT2D eigenvalue weighted by Crippen LogP contribution is 2.25. The minimum Gasteiger partial charge on any atom is -0.496 e. The first-order valence-electron chi connectivity index (χ1n) is 5.20. The number of nitrogens with zero attached hydrogens (tertiary/aromatic N) is 1. The van der Waals surface area contributed by atoms with Crippen molar-refractivity contribution < 1.29 is 9.47 Å². The summed E-state index contributed by atoms with van der Waals surface area (Å²) < 4.78 is 10.6. The van der Waals surface area contributed by atoms with Crippen LogP contribution in [0.3, 0.4) is 0 Å². The third-order valence-electron chi connectivity index (χ3n) is 2.15. The molecule has 0 amide bonds. The van der Waals surface area contributed by atoms with Gasteiger partial charge in [-0.25, -0.2) is 0 Å². The molecule has 0 saturated heterocycles. The number of benzene rings is 1. The molecule has 17 heavy (non-hydrogen) atoms. The third-order valence-corrected chi connectivity index (χ3v) is 2.15. The molecule has 0 heterocycles. The van der Waals surface area contributed by atoms with E-state index in [0.717, 1.165) is 5.56 Å². The van der Waals surface area contributed by atoms with Crippen LogP contribution in [-0.4, -0.2) is 19.6 Å². The molecule has 0 aliphatic heterocycles. The Hall–Kier alpha value is -2.01. The minimum absolute atomic E-state index is 0.350. The van der Waals surface area contributed by atoms with Gasteiger partial charge in [-0.3, -0.25) is 0 Å². The van der Waals surface area contributed by atoms with Crippen LogP contribution in [0.15, 0.2) is 35.9 Å². The van der Waals surface area contributed by atoms with Gasteiger partial charge in [-0.1, -0.05) is 18.7 Å². The van der Waals surface area contributed by atoms with Crippen molar-refractivity contribution in [1.29, 1.82) is 0 Å². The molecule has 0 atom stereocenters. The van der Waals surface area contributed by atoms with Gasteiger partial charge in [-0.2, -0.15) is 0 Å². The van der Waals surface area contributed by atoms with Gasteiger partial charge in [0.25, 0.3) is 0 Å². The van der Waals surface area contributed by atoms with Crippen molar-refractivity contribution in [3.8, 4) is 5.75 Å². The van der Waals surface area contributed by atoms with Crippen LogP contribution in [0.5, 0.6) is 5.75 Å². The van der Waals surface area contributed by atoms with Crippen molar-refractivity contribution in [1.82, 2.24) is 0 Å². The maximum absolute atomic E-state index is 5.44. The van der Waals surface area contributed by atoms with Crippen LogP contribution in [0.1, 0.15) is 12.0 Å². The summed E-state index contributed by atoms with van der Waals surface area (Å²) in [5.41, 5.74) is 6.16. The Morgan fingerprint density at radius 2 is 2.12 bits per heavy atom. The Labute approximate surface area is 101 Å². The number of hydrogen-bond donors (Lipinski definition) is 2. The molecular weight excluding hydrogens is 218 g/mol. The normalized spacial score (nSPS) is 11.1. The SMILES string of the molecule is C=C(O/C(CCN)=N\N)c1ccccc1OC. The van der Waals surface area contributed by atoms with E-state index in [1.165, 1.54) is 0 Å². The summed E-state index contributed by atoms with van der Waals surface area (Å²) in [5.74, 6) is 6.65. The second kappa shape index (κ2) is 6.55. The van der Waals surface area contributed by atoms with Gasteiger partial charge in [-0.15, -0.1) is 5.10 Å². The van der Waals surface area contributed by atoms with Gasteiger partial charge in [0.05, 0.1) is 12.7 Å². The maximum atomic E-state index is 5.44. The number of nitrogens with two attached hydrogens (primary N) is 2. The van der Waals surface area contributed by atoms with Crippen molar-refractivity contribution in [3.63, 3.8) is 0 Å². The predicted molar refractivity (Wildman–Crippen MR) is 68.4 cm³/mol. The molecule has 1 rings (SSSR count). The molecule has 0 unspecified atom stereocenters. The van der Waals surface area contributed by atoms with Crippen LogP contribution in [0.2, 0.25) is 0 Å². The molecule has 0 saturated carbocycles. The quantitative estimate of drug-likeness (QED) is 0.265. The van der Waals surface area contributed by atoms with E-state index >= 15 is 0 Å². The molecule has 1 aromatic carbocycles. The average Bonchev–Trinajstić information content (AvgIpc) is 2.38. The highest BCUT2D eigenvalue weighted by molar-refractivity contribution is 5.83. The number of ether oxygens (including phenoxy) is 2. The highest BCUT2D eigenvalue weighted by Gasteiger charge is 2.09. The standard InChI is InChI=1S/C12H17N3O2/c1-9(17-12(15-14)7-8-13)10-5-3-4-6-11(10)16-2/h3-6H,1,7-8,13-14H2,2H3/b15-12-. The van der Waals surface area contributed by atoms with E-state index in [1.807, 2.05) is 24.3 Å². The first-order valence-corrected chi connectivity index (χ1v) is 5.20. The zero-order valence-electron chi connectivity index (χ0n) is 9.85. The van der Waals surface area contributed by atoms with Crippen LogP contribution in [0.4, 0.5) is 0 Å². The molecule has 5 nitrogen and oxygen atoms in total. The lowest BCUT2D eigenvalue weighted by molar-refractivity contribution is 0.408. The maximum Gasteiger partial charge on any atom is 0.212 e. The summed E-state index contributed by atoms with van der Waals surface area (Å²) in [6, 6.07) is 7.41. The van der Waals surface area contributed by atoms with E-state index in [2.05, 4.69) is 11.7 Å². The monoisotopic (exact) mass is 235 g/mol. The Kier molecular flexibility index (Phi) is 5.03. The summed E-state index contributed by atoms with van der Waals surface area (Å²) in [6.07, 6.45) is 0.463. The highest BCUT2D eigenvalue weighted by atomic mass is 16.5. The molecule has 0 aromatic heterocycles. The average molecular weight is 235 g/mol. The minimum atomic E-state index is 0.350. The molecular formula is C12H17N3O2. The van der Waals surface area contributed by atoms with Crippen LogP contribution >= 0.6 is 0 Å². The molecule has 0 radical (unpaired) electrons. The number of para-hydroxylation sites is 1. The Morgan fingerprint density at radius 1 is 1.41 bits per heavy atom. The lowest BCUT2D eigenvalue weighted by Gasteiger charge is -2.12. The molecule has 1 aromatic rings. The summed E-state index contributed by atoms with van der Waals surface area (Å²) >= 11 is 0. The summed E-state index contributed by atoms with van der Waals surface area (Å²) in [7, 11) is 1.59. The van der Waals surface area contributed by atoms with Gasteiger partial charge < -0.3 is 21.1 Å². The van der Waals surface area contributed by atoms with E-state index in [4.69, 9.17) is 21.1 Å². The smallest absolute Gasteiger partial charge is 0.212 e. The van der Waals surface area contributed by atoms with Crippen LogP contribution in [0, 0.1) is 0 Å². The van der Waals surface area contributed by atoms with E-state index in [0.29, 0.717) is 30.4 Å². The Morgan fingerprint density at radius 3 is 2.71 bits per heavy atom. The lowest BCUT2D eigenvalue weighted by Crippen LogP contribution is -2.13. The van der Waals surface area contributed by atoms with Crippen LogP contribution in [0.25, 0.3) is 5.76 Å². The van der Waals surface area contributed by atoms with Crippen LogP contribution in [-0.2, 0) is 4.74 Å². The zero-order valence-corrected chi connectivity index (χ0v) is 9.85. The molecule has 0 bridgehead atoms. The van der Waals surface area contributed by atoms with Gasteiger partial charge >= 0.3 is 0 Å². The van der Waals surface area contributed by atoms with E-state index in [9.17, 15) is 0 Å². The van der Waals surface area contributed by atoms with Gasteiger partial charge in [-0.05, 0) is 12.1 Å². The number of hydrazone groups is 1. The summed E-state index contributed by atoms with van der Waals surface area (Å²) in [6.45, 7) is 4.24. The molecule has 0 aliphatic rings. The predicted octanol–water partition coefficient (Wildman–Crippen LogP) is 1.30.